The van der Waals surface area contributed by atoms with Crippen LogP contribution in [-0.2, 0) is 0 Å². The van der Waals surface area contributed by atoms with Gasteiger partial charge in [0.15, 0.2) is 0 Å². The largest absolute Gasteiger partial charge is 0.476 e. The molecule has 162 valence electrons. The van der Waals surface area contributed by atoms with Gasteiger partial charge in [-0.05, 0) is 80.4 Å². The number of fused-ring (bicyclic) bond motifs is 1. The molecule has 0 unspecified atom stereocenters. The van der Waals surface area contributed by atoms with Crippen molar-refractivity contribution in [1.29, 1.82) is 0 Å². The molecule has 0 amide bonds. The zero-order valence-electron chi connectivity index (χ0n) is 18.1. The Bertz CT molecular complexity index is 993. The molecule has 2 aliphatic rings. The lowest BCUT2D eigenvalue weighted by Gasteiger charge is -2.22. The third-order valence-corrected chi connectivity index (χ3v) is 6.61. The molecule has 0 spiro atoms. The van der Waals surface area contributed by atoms with Crippen LogP contribution in [0.1, 0.15) is 56.4 Å². The van der Waals surface area contributed by atoms with E-state index >= 15 is 0 Å². The SMILES string of the molecule is c1cc(C2CCCCC2)ccc1Oc1ccc2ncc(OCC3CCNCC3)nc2c1. The minimum absolute atomic E-state index is 0.583. The molecule has 2 heterocycles. The number of benzene rings is 2. The molecular weight excluding hydrogens is 386 g/mol. The minimum atomic E-state index is 0.583. The second-order valence-electron chi connectivity index (χ2n) is 8.87. The number of hydrogen-bond donors (Lipinski definition) is 1. The molecule has 0 bridgehead atoms. The van der Waals surface area contributed by atoms with Crippen LogP contribution in [0.2, 0.25) is 0 Å². The van der Waals surface area contributed by atoms with Crippen LogP contribution >= 0.6 is 0 Å². The summed E-state index contributed by atoms with van der Waals surface area (Å²) in [4.78, 5) is 9.16. The molecule has 5 nitrogen and oxygen atoms in total. The van der Waals surface area contributed by atoms with E-state index < -0.39 is 0 Å². The lowest BCUT2D eigenvalue weighted by Crippen LogP contribution is -2.30. The van der Waals surface area contributed by atoms with Crippen LogP contribution in [0, 0.1) is 5.92 Å². The maximum atomic E-state index is 6.11. The van der Waals surface area contributed by atoms with Gasteiger partial charge in [-0.3, -0.25) is 0 Å². The van der Waals surface area contributed by atoms with Crippen molar-refractivity contribution in [3.63, 3.8) is 0 Å². The van der Waals surface area contributed by atoms with Gasteiger partial charge in [-0.2, -0.15) is 0 Å². The Kier molecular flexibility index (Phi) is 6.30. The highest BCUT2D eigenvalue weighted by Crippen LogP contribution is 2.34. The molecule has 0 atom stereocenters. The average molecular weight is 418 g/mol. The van der Waals surface area contributed by atoms with Gasteiger partial charge in [0.2, 0.25) is 5.88 Å². The monoisotopic (exact) mass is 417 g/mol. The highest BCUT2D eigenvalue weighted by Gasteiger charge is 2.16. The summed E-state index contributed by atoms with van der Waals surface area (Å²) in [5, 5.41) is 3.39. The first kappa shape index (κ1) is 20.3. The molecule has 1 N–H and O–H groups in total. The molecule has 2 fully saturated rings. The molecule has 1 saturated carbocycles. The van der Waals surface area contributed by atoms with Crippen molar-refractivity contribution >= 4 is 11.0 Å². The van der Waals surface area contributed by atoms with Crippen LogP contribution < -0.4 is 14.8 Å². The summed E-state index contributed by atoms with van der Waals surface area (Å²) in [6.45, 7) is 2.84. The second kappa shape index (κ2) is 9.65. The molecule has 1 aromatic heterocycles. The number of nitrogens with one attached hydrogen (secondary N) is 1. The molecule has 2 aromatic carbocycles. The zero-order valence-corrected chi connectivity index (χ0v) is 18.1. The number of hydrogen-bond acceptors (Lipinski definition) is 5. The van der Waals surface area contributed by atoms with Gasteiger partial charge < -0.3 is 14.8 Å². The van der Waals surface area contributed by atoms with E-state index in [9.17, 15) is 0 Å². The predicted molar refractivity (Wildman–Crippen MR) is 123 cm³/mol. The van der Waals surface area contributed by atoms with Crippen LogP contribution in [0.4, 0.5) is 0 Å². The molecule has 31 heavy (non-hydrogen) atoms. The summed E-state index contributed by atoms with van der Waals surface area (Å²) < 4.78 is 12.0. The minimum Gasteiger partial charge on any atom is -0.476 e. The molecule has 1 aliphatic heterocycles. The Morgan fingerprint density at radius 1 is 0.839 bits per heavy atom. The van der Waals surface area contributed by atoms with Gasteiger partial charge in [0, 0.05) is 6.07 Å². The van der Waals surface area contributed by atoms with Crippen molar-refractivity contribution in [1.82, 2.24) is 15.3 Å². The summed E-state index contributed by atoms with van der Waals surface area (Å²) in [6, 6.07) is 14.4. The van der Waals surface area contributed by atoms with Gasteiger partial charge in [0.1, 0.15) is 11.5 Å². The second-order valence-corrected chi connectivity index (χ2v) is 8.87. The lowest BCUT2D eigenvalue weighted by atomic mass is 9.84. The van der Waals surface area contributed by atoms with Crippen LogP contribution in [0.25, 0.3) is 11.0 Å². The van der Waals surface area contributed by atoms with Gasteiger partial charge in [0.05, 0.1) is 23.8 Å². The Hall–Kier alpha value is -2.66. The summed E-state index contributed by atoms with van der Waals surface area (Å²) in [5.41, 5.74) is 3.07. The first-order chi connectivity index (χ1) is 15.3. The molecule has 3 aromatic rings. The molecular formula is C26H31N3O2. The van der Waals surface area contributed by atoms with E-state index in [4.69, 9.17) is 9.47 Å². The number of piperidine rings is 1. The van der Waals surface area contributed by atoms with Crippen LogP contribution in [-0.4, -0.2) is 29.7 Å². The third kappa shape index (κ3) is 5.16. The van der Waals surface area contributed by atoms with Gasteiger partial charge in [-0.1, -0.05) is 31.4 Å². The Morgan fingerprint density at radius 2 is 1.61 bits per heavy atom. The number of ether oxygens (including phenoxy) is 2. The van der Waals surface area contributed by atoms with E-state index in [0.717, 1.165) is 48.5 Å². The van der Waals surface area contributed by atoms with Crippen molar-refractivity contribution in [2.45, 2.75) is 50.9 Å². The molecule has 1 aliphatic carbocycles. The van der Waals surface area contributed by atoms with Crippen molar-refractivity contribution in [2.24, 2.45) is 5.92 Å². The van der Waals surface area contributed by atoms with Gasteiger partial charge in [0.25, 0.3) is 0 Å². The molecule has 0 radical (unpaired) electrons. The van der Waals surface area contributed by atoms with E-state index in [1.54, 1.807) is 6.20 Å². The maximum Gasteiger partial charge on any atom is 0.232 e. The van der Waals surface area contributed by atoms with Crippen LogP contribution in [0.5, 0.6) is 17.4 Å². The fraction of sp³-hybridized carbons (Fsp3) is 0.462. The quantitative estimate of drug-likeness (QED) is 0.545. The van der Waals surface area contributed by atoms with Gasteiger partial charge in [-0.25, -0.2) is 9.97 Å². The van der Waals surface area contributed by atoms with E-state index in [1.807, 2.05) is 18.2 Å². The Labute approximate surface area is 184 Å². The van der Waals surface area contributed by atoms with Crippen LogP contribution in [0.3, 0.4) is 0 Å². The fourth-order valence-electron chi connectivity index (χ4n) is 4.74. The van der Waals surface area contributed by atoms with Crippen molar-refractivity contribution in [2.75, 3.05) is 19.7 Å². The summed E-state index contributed by atoms with van der Waals surface area (Å²) in [7, 11) is 0. The first-order valence-electron chi connectivity index (χ1n) is 11.7. The average Bonchev–Trinajstić information content (AvgIpc) is 2.84. The van der Waals surface area contributed by atoms with Crippen molar-refractivity contribution in [3.8, 4) is 17.4 Å². The van der Waals surface area contributed by atoms with E-state index in [0.29, 0.717) is 24.3 Å². The molecule has 5 rings (SSSR count). The number of rotatable bonds is 6. The van der Waals surface area contributed by atoms with E-state index in [1.165, 1.54) is 37.7 Å². The number of nitrogens with zero attached hydrogens (tertiary/aromatic N) is 2. The fourth-order valence-corrected chi connectivity index (χ4v) is 4.74. The van der Waals surface area contributed by atoms with E-state index in [-0.39, 0.29) is 0 Å². The van der Waals surface area contributed by atoms with Crippen molar-refractivity contribution in [3.05, 3.63) is 54.2 Å². The van der Waals surface area contributed by atoms with Crippen molar-refractivity contribution < 1.29 is 9.47 Å². The molecule has 1 saturated heterocycles. The standard InChI is InChI=1S/C26H31N3O2/c1-2-4-20(5-3-1)21-6-8-22(9-7-21)31-23-10-11-24-25(16-23)29-26(17-28-24)30-18-19-12-14-27-15-13-19/h6-11,16-17,19-20,27H,1-5,12-15,18H2. The normalized spacial score (nSPS) is 18.2. The predicted octanol–water partition coefficient (Wildman–Crippen LogP) is 5.85. The lowest BCUT2D eigenvalue weighted by molar-refractivity contribution is 0.209. The summed E-state index contributed by atoms with van der Waals surface area (Å²) in [6.07, 6.45) is 10.7. The Morgan fingerprint density at radius 3 is 2.42 bits per heavy atom. The zero-order chi connectivity index (χ0) is 20.9. The van der Waals surface area contributed by atoms with E-state index in [2.05, 4.69) is 39.6 Å². The maximum absolute atomic E-state index is 6.11. The van der Waals surface area contributed by atoms with Crippen LogP contribution in [0.15, 0.2) is 48.7 Å². The highest BCUT2D eigenvalue weighted by atomic mass is 16.5. The topological polar surface area (TPSA) is 56.3 Å². The van der Waals surface area contributed by atoms with Gasteiger partial charge >= 0.3 is 0 Å². The summed E-state index contributed by atoms with van der Waals surface area (Å²) in [5.74, 6) is 3.50. The van der Waals surface area contributed by atoms with Gasteiger partial charge in [-0.15, -0.1) is 0 Å². The summed E-state index contributed by atoms with van der Waals surface area (Å²) >= 11 is 0. The third-order valence-electron chi connectivity index (χ3n) is 6.61. The highest BCUT2D eigenvalue weighted by molar-refractivity contribution is 5.76. The smallest absolute Gasteiger partial charge is 0.232 e. The molecule has 5 heteroatoms. The number of aromatic nitrogens is 2. The Balaban J connectivity index is 1.25. The first-order valence-corrected chi connectivity index (χ1v) is 11.7.